The van der Waals surface area contributed by atoms with E-state index >= 15 is 0 Å². The number of urea groups is 1. The van der Waals surface area contributed by atoms with Crippen molar-refractivity contribution in [2.75, 3.05) is 6.54 Å². The van der Waals surface area contributed by atoms with Gasteiger partial charge in [-0.3, -0.25) is 14.5 Å². The molecule has 2 rings (SSSR count). The third-order valence-corrected chi connectivity index (χ3v) is 4.78. The Hall–Kier alpha value is -2.95. The van der Waals surface area contributed by atoms with E-state index in [1.54, 1.807) is 26.8 Å². The van der Waals surface area contributed by atoms with Crippen LogP contribution in [0.1, 0.15) is 33.3 Å². The molecule has 1 fully saturated rings. The Labute approximate surface area is 151 Å². The Kier molecular flexibility index (Phi) is 5.03. The van der Waals surface area contributed by atoms with E-state index in [9.17, 15) is 24.0 Å². The SMILES string of the molecule is CC(C)[C@@](C)(C#N)NC(=O)CN1C(=O)N[C@@](C)(c2ccccc2F)C1=O. The highest BCUT2D eigenvalue weighted by Crippen LogP contribution is 2.30. The smallest absolute Gasteiger partial charge is 0.325 e. The molecule has 1 saturated heterocycles. The molecule has 2 atom stereocenters. The standard InChI is InChI=1S/C18H21FN4O3/c1-11(2)17(3,10-20)21-14(24)9-23-15(25)18(4,22-16(23)26)12-7-5-6-8-13(12)19/h5-8,11H,9H2,1-4H3,(H,21,24)(H,22,26)/t17-,18+/m1/s1. The second kappa shape index (κ2) is 6.75. The summed E-state index contributed by atoms with van der Waals surface area (Å²) < 4.78 is 14.1. The summed E-state index contributed by atoms with van der Waals surface area (Å²) in [6.45, 7) is 5.93. The molecule has 0 bridgehead atoms. The number of halogens is 1. The number of hydrogen-bond donors (Lipinski definition) is 2. The maximum Gasteiger partial charge on any atom is 0.325 e. The quantitative estimate of drug-likeness (QED) is 0.779. The highest BCUT2D eigenvalue weighted by molar-refractivity contribution is 6.09. The third kappa shape index (κ3) is 3.25. The molecule has 0 spiro atoms. The van der Waals surface area contributed by atoms with Crippen molar-refractivity contribution < 1.29 is 18.8 Å². The zero-order chi connectivity index (χ0) is 19.7. The summed E-state index contributed by atoms with van der Waals surface area (Å²) in [7, 11) is 0. The molecule has 0 saturated carbocycles. The molecular formula is C18H21FN4O3. The minimum Gasteiger partial charge on any atom is -0.336 e. The fourth-order valence-corrected chi connectivity index (χ4v) is 2.66. The lowest BCUT2D eigenvalue weighted by Crippen LogP contribution is -2.52. The molecule has 1 aromatic carbocycles. The average Bonchev–Trinajstić information content (AvgIpc) is 2.79. The second-order valence-corrected chi connectivity index (χ2v) is 6.94. The van der Waals surface area contributed by atoms with Gasteiger partial charge in [0.1, 0.15) is 23.4 Å². The van der Waals surface area contributed by atoms with Gasteiger partial charge in [0.2, 0.25) is 5.91 Å². The van der Waals surface area contributed by atoms with Crippen molar-refractivity contribution >= 4 is 17.8 Å². The summed E-state index contributed by atoms with van der Waals surface area (Å²) >= 11 is 0. The molecule has 8 heteroatoms. The van der Waals surface area contributed by atoms with Crippen molar-refractivity contribution in [3.05, 3.63) is 35.6 Å². The molecule has 1 aromatic rings. The predicted molar refractivity (Wildman–Crippen MR) is 91.0 cm³/mol. The number of rotatable bonds is 5. The van der Waals surface area contributed by atoms with Crippen molar-refractivity contribution in [2.45, 2.75) is 38.8 Å². The summed E-state index contributed by atoms with van der Waals surface area (Å²) in [4.78, 5) is 37.9. The summed E-state index contributed by atoms with van der Waals surface area (Å²) in [5, 5.41) is 14.3. The molecule has 0 aliphatic carbocycles. The normalized spacial score (nSPS) is 22.0. The van der Waals surface area contributed by atoms with Crippen LogP contribution in [0.3, 0.4) is 0 Å². The van der Waals surface area contributed by atoms with E-state index in [4.69, 9.17) is 0 Å². The maximum absolute atomic E-state index is 14.1. The number of imide groups is 1. The monoisotopic (exact) mass is 360 g/mol. The van der Waals surface area contributed by atoms with Crippen LogP contribution in [0.15, 0.2) is 24.3 Å². The average molecular weight is 360 g/mol. The molecule has 0 radical (unpaired) electrons. The molecule has 4 amide bonds. The van der Waals surface area contributed by atoms with Crippen LogP contribution in [0, 0.1) is 23.1 Å². The number of nitriles is 1. The van der Waals surface area contributed by atoms with Crippen LogP contribution in [-0.2, 0) is 15.1 Å². The number of hydrogen-bond acceptors (Lipinski definition) is 4. The lowest BCUT2D eigenvalue weighted by molar-refractivity contribution is -0.135. The summed E-state index contributed by atoms with van der Waals surface area (Å²) in [5.41, 5.74) is -2.71. The molecule has 26 heavy (non-hydrogen) atoms. The second-order valence-electron chi connectivity index (χ2n) is 6.94. The van der Waals surface area contributed by atoms with Crippen LogP contribution in [-0.4, -0.2) is 34.8 Å². The van der Waals surface area contributed by atoms with Gasteiger partial charge in [0.25, 0.3) is 5.91 Å². The molecule has 0 unspecified atom stereocenters. The van der Waals surface area contributed by atoms with E-state index in [1.807, 2.05) is 6.07 Å². The Morgan fingerprint density at radius 1 is 1.42 bits per heavy atom. The number of nitrogens with one attached hydrogen (secondary N) is 2. The largest absolute Gasteiger partial charge is 0.336 e. The fourth-order valence-electron chi connectivity index (χ4n) is 2.66. The lowest BCUT2D eigenvalue weighted by atomic mass is 9.90. The predicted octanol–water partition coefficient (Wildman–Crippen LogP) is 1.65. The van der Waals surface area contributed by atoms with Gasteiger partial charge in [-0.25, -0.2) is 9.18 Å². The van der Waals surface area contributed by atoms with Gasteiger partial charge in [0.05, 0.1) is 6.07 Å². The molecule has 1 heterocycles. The van der Waals surface area contributed by atoms with Gasteiger partial charge in [0, 0.05) is 5.56 Å². The molecule has 7 nitrogen and oxygen atoms in total. The fraction of sp³-hybridized carbons (Fsp3) is 0.444. The maximum atomic E-state index is 14.1. The molecule has 2 N–H and O–H groups in total. The number of nitrogens with zero attached hydrogens (tertiary/aromatic N) is 2. The summed E-state index contributed by atoms with van der Waals surface area (Å²) in [6.07, 6.45) is 0. The van der Waals surface area contributed by atoms with Crippen LogP contribution in [0.5, 0.6) is 0 Å². The molecule has 1 aliphatic heterocycles. The van der Waals surface area contributed by atoms with Gasteiger partial charge in [-0.15, -0.1) is 0 Å². The van der Waals surface area contributed by atoms with Crippen molar-refractivity contribution in [1.82, 2.24) is 15.5 Å². The molecule has 138 valence electrons. The van der Waals surface area contributed by atoms with E-state index in [2.05, 4.69) is 10.6 Å². The number of benzene rings is 1. The zero-order valence-corrected chi connectivity index (χ0v) is 15.1. The Morgan fingerprint density at radius 3 is 2.58 bits per heavy atom. The van der Waals surface area contributed by atoms with Crippen molar-refractivity contribution in [1.29, 1.82) is 5.26 Å². The first-order valence-corrected chi connectivity index (χ1v) is 8.16. The van der Waals surface area contributed by atoms with E-state index in [0.717, 1.165) is 4.90 Å². The lowest BCUT2D eigenvalue weighted by Gasteiger charge is -2.28. The number of carbonyl (C=O) groups excluding carboxylic acids is 3. The Balaban J connectivity index is 2.21. The van der Waals surface area contributed by atoms with Gasteiger partial charge < -0.3 is 10.6 Å². The summed E-state index contributed by atoms with van der Waals surface area (Å²) in [5.74, 6) is -2.19. The van der Waals surface area contributed by atoms with Crippen LogP contribution >= 0.6 is 0 Å². The molecular weight excluding hydrogens is 339 g/mol. The van der Waals surface area contributed by atoms with E-state index in [0.29, 0.717) is 0 Å². The van der Waals surface area contributed by atoms with Crippen LogP contribution in [0.4, 0.5) is 9.18 Å². The van der Waals surface area contributed by atoms with Gasteiger partial charge in [-0.1, -0.05) is 32.0 Å². The van der Waals surface area contributed by atoms with E-state index < -0.39 is 41.3 Å². The first kappa shape index (κ1) is 19.4. The minimum absolute atomic E-state index is 0.0188. The van der Waals surface area contributed by atoms with Crippen LogP contribution in [0.2, 0.25) is 0 Å². The third-order valence-electron chi connectivity index (χ3n) is 4.78. The van der Waals surface area contributed by atoms with Gasteiger partial charge in [0.15, 0.2) is 0 Å². The molecule has 0 aromatic heterocycles. The van der Waals surface area contributed by atoms with Crippen molar-refractivity contribution in [3.63, 3.8) is 0 Å². The van der Waals surface area contributed by atoms with Gasteiger partial charge in [-0.05, 0) is 25.8 Å². The number of carbonyl (C=O) groups is 3. The van der Waals surface area contributed by atoms with Gasteiger partial charge in [-0.2, -0.15) is 5.26 Å². The Morgan fingerprint density at radius 2 is 2.04 bits per heavy atom. The van der Waals surface area contributed by atoms with Crippen molar-refractivity contribution in [2.24, 2.45) is 5.92 Å². The number of amides is 4. The highest BCUT2D eigenvalue weighted by Gasteiger charge is 2.50. The van der Waals surface area contributed by atoms with Crippen LogP contribution < -0.4 is 10.6 Å². The zero-order valence-electron chi connectivity index (χ0n) is 15.1. The van der Waals surface area contributed by atoms with Crippen LogP contribution in [0.25, 0.3) is 0 Å². The first-order valence-electron chi connectivity index (χ1n) is 8.16. The van der Waals surface area contributed by atoms with Gasteiger partial charge >= 0.3 is 6.03 Å². The first-order chi connectivity index (χ1) is 12.0. The minimum atomic E-state index is -1.60. The van der Waals surface area contributed by atoms with Crippen molar-refractivity contribution in [3.8, 4) is 6.07 Å². The molecule has 1 aliphatic rings. The highest BCUT2D eigenvalue weighted by atomic mass is 19.1. The van der Waals surface area contributed by atoms with E-state index in [-0.39, 0.29) is 11.5 Å². The summed E-state index contributed by atoms with van der Waals surface area (Å²) in [6, 6.07) is 6.85. The Bertz CT molecular complexity index is 804. The topological polar surface area (TPSA) is 102 Å². The van der Waals surface area contributed by atoms with E-state index in [1.165, 1.54) is 25.1 Å².